The van der Waals surface area contributed by atoms with E-state index in [-0.39, 0.29) is 0 Å². The van der Waals surface area contributed by atoms with Gasteiger partial charge in [-0.3, -0.25) is 4.68 Å². The molecule has 0 saturated heterocycles. The Morgan fingerprint density at radius 1 is 1.79 bits per heavy atom. The predicted octanol–water partition coefficient (Wildman–Crippen LogP) is 0.668. The van der Waals surface area contributed by atoms with Crippen LogP contribution in [0.15, 0.2) is 6.20 Å². The molecule has 0 atom stereocenters. The van der Waals surface area contributed by atoms with E-state index in [2.05, 4.69) is 14.7 Å². The average molecular weight is 193 g/mol. The van der Waals surface area contributed by atoms with Crippen LogP contribution in [0.25, 0.3) is 4.85 Å². The van der Waals surface area contributed by atoms with Gasteiger partial charge in [-0.2, -0.15) is 5.10 Å². The lowest BCUT2D eigenvalue weighted by molar-refractivity contribution is 0.0599. The molecule has 0 aliphatic carbocycles. The molecule has 0 aliphatic rings. The molecule has 1 aromatic rings. The molecule has 74 valence electrons. The van der Waals surface area contributed by atoms with E-state index in [1.807, 2.05) is 0 Å². The third-order valence-corrected chi connectivity index (χ3v) is 1.93. The summed E-state index contributed by atoms with van der Waals surface area (Å²) in [4.78, 5) is 14.5. The van der Waals surface area contributed by atoms with Gasteiger partial charge in [0, 0.05) is 7.05 Å². The second kappa shape index (κ2) is 4.42. The Kier molecular flexibility index (Phi) is 3.24. The summed E-state index contributed by atoms with van der Waals surface area (Å²) in [5.41, 5.74) is 1.19. The summed E-state index contributed by atoms with van der Waals surface area (Å²) in [5, 5.41) is 3.95. The number of carbonyl (C=O) groups excluding carboxylic acids is 1. The second-order valence-electron chi connectivity index (χ2n) is 2.75. The summed E-state index contributed by atoms with van der Waals surface area (Å²) in [6.07, 6.45) is 1.98. The Balaban J connectivity index is 2.95. The first-order valence-corrected chi connectivity index (χ1v) is 4.13. The van der Waals surface area contributed by atoms with Gasteiger partial charge < -0.3 is 9.58 Å². The van der Waals surface area contributed by atoms with Crippen LogP contribution in [-0.2, 0) is 18.2 Å². The first kappa shape index (κ1) is 10.3. The third-order valence-electron chi connectivity index (χ3n) is 1.93. The molecule has 0 amide bonds. The number of carbonyl (C=O) groups is 1. The molecule has 0 fully saturated rings. The molecule has 0 spiro atoms. The highest BCUT2D eigenvalue weighted by atomic mass is 16.5. The highest BCUT2D eigenvalue weighted by Crippen LogP contribution is 2.09. The van der Waals surface area contributed by atoms with E-state index in [0.29, 0.717) is 18.5 Å². The normalized spacial score (nSPS) is 9.50. The van der Waals surface area contributed by atoms with Crippen molar-refractivity contribution in [3.8, 4) is 0 Å². The Bertz CT molecular complexity index is 376. The molecule has 14 heavy (non-hydrogen) atoms. The van der Waals surface area contributed by atoms with Gasteiger partial charge in [0.25, 0.3) is 0 Å². The Labute approximate surface area is 82.1 Å². The number of rotatable bonds is 3. The highest BCUT2D eigenvalue weighted by Gasteiger charge is 2.16. The summed E-state index contributed by atoms with van der Waals surface area (Å²) in [7, 11) is 3.07. The van der Waals surface area contributed by atoms with Gasteiger partial charge in [-0.25, -0.2) is 11.4 Å². The lowest BCUT2D eigenvalue weighted by atomic mass is 10.2. The maximum absolute atomic E-state index is 11.3. The molecule has 0 aromatic carbocycles. The van der Waals surface area contributed by atoms with Gasteiger partial charge in [-0.05, 0) is 0 Å². The number of aryl methyl sites for hydroxylation is 1. The number of ether oxygens (including phenoxy) is 1. The van der Waals surface area contributed by atoms with Crippen LogP contribution >= 0.6 is 0 Å². The van der Waals surface area contributed by atoms with Gasteiger partial charge >= 0.3 is 5.97 Å². The predicted molar refractivity (Wildman–Crippen MR) is 49.7 cm³/mol. The Hall–Kier alpha value is -1.83. The monoisotopic (exact) mass is 193 g/mol. The summed E-state index contributed by atoms with van der Waals surface area (Å²) in [5.74, 6) is -0.405. The van der Waals surface area contributed by atoms with Crippen molar-refractivity contribution in [3.05, 3.63) is 28.9 Å². The first-order valence-electron chi connectivity index (χ1n) is 4.13. The van der Waals surface area contributed by atoms with Crippen LogP contribution in [0.4, 0.5) is 0 Å². The number of aromatic nitrogens is 2. The fraction of sp³-hybridized carbons (Fsp3) is 0.444. The van der Waals surface area contributed by atoms with Crippen molar-refractivity contribution in [2.45, 2.75) is 6.42 Å². The van der Waals surface area contributed by atoms with E-state index < -0.39 is 5.97 Å². The van der Waals surface area contributed by atoms with Gasteiger partial charge in [-0.1, -0.05) is 0 Å². The van der Waals surface area contributed by atoms with Crippen molar-refractivity contribution >= 4 is 5.97 Å². The SMILES string of the molecule is [C-]#[N+]CCc1c(C(=O)OC)cnn1C. The molecule has 5 nitrogen and oxygen atoms in total. The standard InChI is InChI=1S/C9H11N3O2/c1-10-5-4-8-7(9(13)14-3)6-11-12(8)2/h6H,4-5H2,2-3H3. The zero-order chi connectivity index (χ0) is 10.6. The van der Waals surface area contributed by atoms with Gasteiger partial charge in [0.15, 0.2) is 0 Å². The summed E-state index contributed by atoms with van der Waals surface area (Å²) < 4.78 is 6.20. The van der Waals surface area contributed by atoms with E-state index in [1.165, 1.54) is 13.3 Å². The Morgan fingerprint density at radius 2 is 2.50 bits per heavy atom. The summed E-state index contributed by atoms with van der Waals surface area (Å²) in [6, 6.07) is 0. The largest absolute Gasteiger partial charge is 0.465 e. The molecule has 0 N–H and O–H groups in total. The molecule has 1 heterocycles. The lowest BCUT2D eigenvalue weighted by Gasteiger charge is -2.00. The van der Waals surface area contributed by atoms with Crippen molar-refractivity contribution in [2.75, 3.05) is 13.7 Å². The van der Waals surface area contributed by atoms with E-state index in [0.717, 1.165) is 5.69 Å². The minimum atomic E-state index is -0.405. The molecule has 0 radical (unpaired) electrons. The summed E-state index contributed by atoms with van der Waals surface area (Å²) >= 11 is 0. The minimum absolute atomic E-state index is 0.351. The van der Waals surface area contributed by atoms with Gasteiger partial charge in [0.05, 0.1) is 25.4 Å². The molecule has 1 aromatic heterocycles. The third kappa shape index (κ3) is 1.91. The summed E-state index contributed by atoms with van der Waals surface area (Å²) in [6.45, 7) is 7.03. The van der Waals surface area contributed by atoms with E-state index in [9.17, 15) is 4.79 Å². The quantitative estimate of drug-likeness (QED) is 0.523. The van der Waals surface area contributed by atoms with Crippen molar-refractivity contribution in [1.82, 2.24) is 9.78 Å². The molecule has 0 bridgehead atoms. The van der Waals surface area contributed by atoms with Crippen molar-refractivity contribution in [1.29, 1.82) is 0 Å². The van der Waals surface area contributed by atoms with Crippen LogP contribution in [0.1, 0.15) is 16.1 Å². The Morgan fingerprint density at radius 3 is 3.07 bits per heavy atom. The molecule has 5 heteroatoms. The number of esters is 1. The topological polar surface area (TPSA) is 48.5 Å². The van der Waals surface area contributed by atoms with Crippen LogP contribution in [-0.4, -0.2) is 29.4 Å². The smallest absolute Gasteiger partial charge is 0.341 e. The van der Waals surface area contributed by atoms with Gasteiger partial charge in [0.1, 0.15) is 5.56 Å². The molecule has 0 unspecified atom stereocenters. The fourth-order valence-electron chi connectivity index (χ4n) is 1.20. The van der Waals surface area contributed by atoms with Crippen molar-refractivity contribution in [3.63, 3.8) is 0 Å². The molecular formula is C9H11N3O2. The highest BCUT2D eigenvalue weighted by molar-refractivity contribution is 5.90. The number of methoxy groups -OCH3 is 1. The maximum Gasteiger partial charge on any atom is 0.341 e. The molecular weight excluding hydrogens is 182 g/mol. The van der Waals surface area contributed by atoms with E-state index in [1.54, 1.807) is 11.7 Å². The zero-order valence-electron chi connectivity index (χ0n) is 8.15. The number of hydrogen-bond acceptors (Lipinski definition) is 3. The molecule has 0 aliphatic heterocycles. The van der Waals surface area contributed by atoms with E-state index in [4.69, 9.17) is 6.57 Å². The van der Waals surface area contributed by atoms with E-state index >= 15 is 0 Å². The lowest BCUT2D eigenvalue weighted by Crippen LogP contribution is -2.07. The van der Waals surface area contributed by atoms with Crippen molar-refractivity contribution in [2.24, 2.45) is 7.05 Å². The average Bonchev–Trinajstić information content (AvgIpc) is 2.56. The van der Waals surface area contributed by atoms with Crippen LogP contribution in [0, 0.1) is 6.57 Å². The van der Waals surface area contributed by atoms with Crippen LogP contribution < -0.4 is 0 Å². The van der Waals surface area contributed by atoms with Crippen LogP contribution in [0.3, 0.4) is 0 Å². The van der Waals surface area contributed by atoms with Gasteiger partial charge in [0.2, 0.25) is 6.54 Å². The van der Waals surface area contributed by atoms with Crippen LogP contribution in [0.5, 0.6) is 0 Å². The van der Waals surface area contributed by atoms with Gasteiger partial charge in [-0.15, -0.1) is 0 Å². The molecule has 0 saturated carbocycles. The zero-order valence-corrected chi connectivity index (χ0v) is 8.15. The van der Waals surface area contributed by atoms with Crippen LogP contribution in [0.2, 0.25) is 0 Å². The number of hydrogen-bond donors (Lipinski definition) is 0. The van der Waals surface area contributed by atoms with Crippen molar-refractivity contribution < 1.29 is 9.53 Å². The number of nitrogens with zero attached hydrogens (tertiary/aromatic N) is 3. The maximum atomic E-state index is 11.3. The first-order chi connectivity index (χ1) is 6.70. The fourth-order valence-corrected chi connectivity index (χ4v) is 1.20. The minimum Gasteiger partial charge on any atom is -0.465 e. The second-order valence-corrected chi connectivity index (χ2v) is 2.75. The molecule has 1 rings (SSSR count).